The number of aromatic nitrogens is 4. The third-order valence-corrected chi connectivity index (χ3v) is 4.68. The van der Waals surface area contributed by atoms with E-state index in [4.69, 9.17) is 4.74 Å². The molecule has 0 spiro atoms. The van der Waals surface area contributed by atoms with Crippen molar-refractivity contribution >= 4 is 0 Å². The Labute approximate surface area is 152 Å². The summed E-state index contributed by atoms with van der Waals surface area (Å²) in [6, 6.07) is 8.38. The number of rotatable bonds is 6. The van der Waals surface area contributed by atoms with E-state index >= 15 is 0 Å². The molecule has 3 aromatic rings. The second-order valence-corrected chi connectivity index (χ2v) is 6.59. The van der Waals surface area contributed by atoms with E-state index in [9.17, 15) is 5.11 Å². The van der Waals surface area contributed by atoms with E-state index in [0.717, 1.165) is 18.8 Å². The number of aliphatic hydroxyl groups excluding tert-OH is 1. The zero-order valence-corrected chi connectivity index (χ0v) is 14.8. The van der Waals surface area contributed by atoms with Crippen molar-refractivity contribution in [3.63, 3.8) is 0 Å². The summed E-state index contributed by atoms with van der Waals surface area (Å²) in [5, 5.41) is 14.5. The Hall–Kier alpha value is -2.64. The van der Waals surface area contributed by atoms with Crippen LogP contribution in [0, 0.1) is 0 Å². The third kappa shape index (κ3) is 3.63. The Morgan fingerprint density at radius 3 is 2.77 bits per heavy atom. The largest absolute Gasteiger partial charge is 0.483 e. The minimum atomic E-state index is -0.495. The van der Waals surface area contributed by atoms with Gasteiger partial charge in [-0.2, -0.15) is 5.10 Å². The van der Waals surface area contributed by atoms with Gasteiger partial charge in [0, 0.05) is 44.3 Å². The monoisotopic (exact) mass is 353 g/mol. The van der Waals surface area contributed by atoms with Crippen molar-refractivity contribution in [1.29, 1.82) is 0 Å². The third-order valence-electron chi connectivity index (χ3n) is 4.68. The van der Waals surface area contributed by atoms with Crippen LogP contribution < -0.4 is 4.74 Å². The molecule has 1 saturated heterocycles. The number of aryl methyl sites for hydroxylation is 1. The predicted octanol–water partition coefficient (Wildman–Crippen LogP) is 1.71. The number of hydrogen-bond acceptors (Lipinski definition) is 5. The number of nitrogens with zero attached hydrogens (tertiary/aromatic N) is 5. The van der Waals surface area contributed by atoms with Crippen LogP contribution in [-0.4, -0.2) is 54.6 Å². The lowest BCUT2D eigenvalue weighted by Crippen LogP contribution is -2.29. The van der Waals surface area contributed by atoms with E-state index in [0.29, 0.717) is 18.8 Å². The molecule has 0 amide bonds. The first-order chi connectivity index (χ1) is 12.7. The van der Waals surface area contributed by atoms with Gasteiger partial charge < -0.3 is 14.4 Å². The van der Waals surface area contributed by atoms with Crippen LogP contribution in [-0.2, 0) is 13.1 Å². The SMILES string of the molecule is CCn1cc(O[C@@H]2CN(Cc3ccc(-n4ccnc4)cc3)C[C@H]2O)cn1. The summed E-state index contributed by atoms with van der Waals surface area (Å²) in [4.78, 5) is 6.28. The first-order valence-corrected chi connectivity index (χ1v) is 8.88. The quantitative estimate of drug-likeness (QED) is 0.731. The molecular weight excluding hydrogens is 330 g/mol. The lowest BCUT2D eigenvalue weighted by Gasteiger charge is -2.16. The standard InChI is InChI=1S/C19H23N5O2/c1-2-24-11-17(9-21-24)26-19-13-22(12-18(19)25)10-15-3-5-16(6-4-15)23-8-7-20-14-23/h3-9,11,14,18-19,25H,2,10,12-13H2,1H3/t18-,19-/m1/s1. The number of benzene rings is 1. The van der Waals surface area contributed by atoms with E-state index < -0.39 is 6.10 Å². The van der Waals surface area contributed by atoms with Gasteiger partial charge in [0.2, 0.25) is 0 Å². The van der Waals surface area contributed by atoms with Crippen LogP contribution in [0.3, 0.4) is 0 Å². The average molecular weight is 353 g/mol. The summed E-state index contributed by atoms with van der Waals surface area (Å²) in [5.41, 5.74) is 2.29. The van der Waals surface area contributed by atoms with E-state index in [1.165, 1.54) is 5.56 Å². The average Bonchev–Trinajstić information content (AvgIpc) is 3.39. The molecule has 136 valence electrons. The molecule has 0 aliphatic carbocycles. The molecule has 0 saturated carbocycles. The van der Waals surface area contributed by atoms with Gasteiger partial charge in [0.15, 0.2) is 5.75 Å². The predicted molar refractivity (Wildman–Crippen MR) is 97.2 cm³/mol. The highest BCUT2D eigenvalue weighted by atomic mass is 16.5. The molecule has 0 radical (unpaired) electrons. The number of likely N-dealkylation sites (tertiary alicyclic amines) is 1. The molecule has 1 aliphatic heterocycles. The Bertz CT molecular complexity index is 828. The van der Waals surface area contributed by atoms with E-state index in [1.807, 2.05) is 28.6 Å². The number of hydrogen-bond donors (Lipinski definition) is 1. The maximum absolute atomic E-state index is 10.3. The second kappa shape index (κ2) is 7.31. The molecular formula is C19H23N5O2. The van der Waals surface area contributed by atoms with Gasteiger partial charge in [-0.1, -0.05) is 12.1 Å². The van der Waals surface area contributed by atoms with Crippen LogP contribution in [0.1, 0.15) is 12.5 Å². The highest BCUT2D eigenvalue weighted by Crippen LogP contribution is 2.20. The van der Waals surface area contributed by atoms with Gasteiger partial charge in [0.05, 0.1) is 18.7 Å². The smallest absolute Gasteiger partial charge is 0.157 e. The molecule has 2 aromatic heterocycles. The van der Waals surface area contributed by atoms with Crippen LogP contribution >= 0.6 is 0 Å². The maximum atomic E-state index is 10.3. The lowest BCUT2D eigenvalue weighted by atomic mass is 10.2. The Morgan fingerprint density at radius 2 is 2.08 bits per heavy atom. The number of imidazole rings is 1. The minimum Gasteiger partial charge on any atom is -0.483 e. The molecule has 1 aliphatic rings. The molecule has 0 unspecified atom stereocenters. The lowest BCUT2D eigenvalue weighted by molar-refractivity contribution is 0.0736. The van der Waals surface area contributed by atoms with E-state index in [-0.39, 0.29) is 6.10 Å². The number of β-amino-alcohol motifs (C(OH)–C–C–N with tert-alkyl or cyclic N) is 1. The van der Waals surface area contributed by atoms with Crippen LogP contribution in [0.2, 0.25) is 0 Å². The van der Waals surface area contributed by atoms with Gasteiger partial charge in [0.1, 0.15) is 12.2 Å². The van der Waals surface area contributed by atoms with Crippen molar-refractivity contribution in [1.82, 2.24) is 24.2 Å². The molecule has 7 heteroatoms. The molecule has 2 atom stereocenters. The van der Waals surface area contributed by atoms with E-state index in [1.54, 1.807) is 18.7 Å². The fourth-order valence-corrected chi connectivity index (χ4v) is 3.27. The summed E-state index contributed by atoms with van der Waals surface area (Å²) >= 11 is 0. The van der Waals surface area contributed by atoms with Gasteiger partial charge in [-0.3, -0.25) is 9.58 Å². The summed E-state index contributed by atoms with van der Waals surface area (Å²) in [6.45, 7) is 4.92. The summed E-state index contributed by atoms with van der Waals surface area (Å²) in [7, 11) is 0. The maximum Gasteiger partial charge on any atom is 0.157 e. The Balaban J connectivity index is 1.35. The zero-order chi connectivity index (χ0) is 17.9. The first-order valence-electron chi connectivity index (χ1n) is 8.88. The normalized spacial score (nSPS) is 20.5. The van der Waals surface area contributed by atoms with Crippen molar-refractivity contribution in [3.05, 3.63) is 60.9 Å². The Morgan fingerprint density at radius 1 is 1.23 bits per heavy atom. The van der Waals surface area contributed by atoms with Crippen molar-refractivity contribution in [3.8, 4) is 11.4 Å². The van der Waals surface area contributed by atoms with E-state index in [2.05, 4.69) is 39.2 Å². The Kier molecular flexibility index (Phi) is 4.73. The molecule has 1 aromatic carbocycles. The second-order valence-electron chi connectivity index (χ2n) is 6.59. The van der Waals surface area contributed by atoms with Gasteiger partial charge >= 0.3 is 0 Å². The molecule has 0 bridgehead atoms. The highest BCUT2D eigenvalue weighted by molar-refractivity contribution is 5.34. The van der Waals surface area contributed by atoms with Gasteiger partial charge in [-0.15, -0.1) is 0 Å². The fraction of sp³-hybridized carbons (Fsp3) is 0.368. The molecule has 1 fully saturated rings. The van der Waals surface area contributed by atoms with Crippen LogP contribution in [0.25, 0.3) is 5.69 Å². The number of aliphatic hydroxyl groups is 1. The first kappa shape index (κ1) is 16.8. The fourth-order valence-electron chi connectivity index (χ4n) is 3.27. The minimum absolute atomic E-state index is 0.227. The molecule has 3 heterocycles. The molecule has 4 rings (SSSR count). The van der Waals surface area contributed by atoms with Crippen molar-refractivity contribution in [2.45, 2.75) is 32.2 Å². The topological polar surface area (TPSA) is 68.3 Å². The van der Waals surface area contributed by atoms with Crippen LogP contribution in [0.5, 0.6) is 5.75 Å². The van der Waals surface area contributed by atoms with Gasteiger partial charge in [-0.05, 0) is 24.6 Å². The summed E-state index contributed by atoms with van der Waals surface area (Å²) < 4.78 is 9.71. The van der Waals surface area contributed by atoms with Crippen LogP contribution in [0.15, 0.2) is 55.4 Å². The summed E-state index contributed by atoms with van der Waals surface area (Å²) in [5.74, 6) is 0.711. The molecule has 26 heavy (non-hydrogen) atoms. The number of ether oxygens (including phenoxy) is 1. The van der Waals surface area contributed by atoms with Crippen molar-refractivity contribution in [2.75, 3.05) is 13.1 Å². The molecule has 1 N–H and O–H groups in total. The molecule has 7 nitrogen and oxygen atoms in total. The highest BCUT2D eigenvalue weighted by Gasteiger charge is 2.33. The summed E-state index contributed by atoms with van der Waals surface area (Å²) in [6.07, 6.45) is 8.32. The zero-order valence-electron chi connectivity index (χ0n) is 14.8. The van der Waals surface area contributed by atoms with Gasteiger partial charge in [-0.25, -0.2) is 4.98 Å². The van der Waals surface area contributed by atoms with Crippen molar-refractivity contribution < 1.29 is 9.84 Å². The van der Waals surface area contributed by atoms with Gasteiger partial charge in [0.25, 0.3) is 0 Å². The van der Waals surface area contributed by atoms with Crippen molar-refractivity contribution in [2.24, 2.45) is 0 Å². The van der Waals surface area contributed by atoms with Crippen LogP contribution in [0.4, 0.5) is 0 Å².